The molecule has 0 radical (unpaired) electrons. The summed E-state index contributed by atoms with van der Waals surface area (Å²) in [5.41, 5.74) is 1.28. The van der Waals surface area contributed by atoms with Crippen molar-refractivity contribution in [2.45, 2.75) is 5.75 Å². The number of hydrogen-bond acceptors (Lipinski definition) is 1. The molecule has 1 aromatic carbocycles. The molecule has 0 aliphatic carbocycles. The van der Waals surface area contributed by atoms with Gasteiger partial charge in [-0.25, -0.2) is 0 Å². The zero-order valence-corrected chi connectivity index (χ0v) is 10.6. The van der Waals surface area contributed by atoms with E-state index in [2.05, 4.69) is 34.0 Å². The first-order valence-corrected chi connectivity index (χ1v) is 9.02. The van der Waals surface area contributed by atoms with E-state index >= 15 is 0 Å². The first kappa shape index (κ1) is 12.0. The molecule has 0 fully saturated rings. The van der Waals surface area contributed by atoms with E-state index in [-0.39, 0.29) is 0 Å². The fourth-order valence-corrected chi connectivity index (χ4v) is 1.17. The topological polar surface area (TPSA) is 0 Å². The third kappa shape index (κ3) is 6.15. The molecule has 11 heavy (non-hydrogen) atoms. The minimum atomic E-state index is 1.07. The van der Waals surface area contributed by atoms with Crippen LogP contribution in [-0.2, 0) is 21.3 Å². The van der Waals surface area contributed by atoms with Gasteiger partial charge in [0.2, 0.25) is 0 Å². The van der Waals surface area contributed by atoms with Gasteiger partial charge in [-0.2, -0.15) is 47.7 Å². The summed E-state index contributed by atoms with van der Waals surface area (Å²) in [7, 11) is 0. The molecule has 0 amide bonds. The summed E-state index contributed by atoms with van der Waals surface area (Å²) >= 11 is 6.54. The average molecular weight is 371 g/mol. The van der Waals surface area contributed by atoms with Crippen molar-refractivity contribution in [3.63, 3.8) is 0 Å². The molecule has 0 bridgehead atoms. The normalized spacial score (nSPS) is 8.36. The second kappa shape index (κ2) is 9.05. The van der Waals surface area contributed by atoms with E-state index in [1.807, 2.05) is 49.5 Å². The van der Waals surface area contributed by atoms with E-state index < -0.39 is 0 Å². The molecule has 0 spiro atoms. The van der Waals surface area contributed by atoms with Gasteiger partial charge in [0, 0.05) is 0 Å². The molecule has 64 valence electrons. The molecule has 3 heteroatoms. The second-order valence-electron chi connectivity index (χ2n) is 1.82. The van der Waals surface area contributed by atoms with Gasteiger partial charge >= 0.3 is 35.1 Å². The Morgan fingerprint density at radius 2 is 2.27 bits per heavy atom. The van der Waals surface area contributed by atoms with E-state index in [1.165, 1.54) is 5.56 Å². The molecule has 0 saturated carbocycles. The van der Waals surface area contributed by atoms with Crippen molar-refractivity contribution in [1.82, 2.24) is 0 Å². The summed E-state index contributed by atoms with van der Waals surface area (Å²) in [4.78, 5) is 0. The van der Waals surface area contributed by atoms with Crippen LogP contribution in [0.25, 0.3) is 0 Å². The predicted octanol–water partition coefficient (Wildman–Crippen LogP) is 3.23. The fraction of sp³-hybridized carbons (Fsp3) is 0.250. The maximum absolute atomic E-state index is 3.15. The van der Waals surface area contributed by atoms with E-state index in [0.717, 1.165) is 5.75 Å². The van der Waals surface area contributed by atoms with Crippen LogP contribution in [-0.4, -0.2) is 6.26 Å². The number of benzene rings is 1. The molecule has 1 rings (SSSR count). The molecule has 0 nitrogen and oxygen atoms in total. The Morgan fingerprint density at radius 3 is 2.73 bits per heavy atom. The Hall–Kier alpha value is 0.962. The van der Waals surface area contributed by atoms with Gasteiger partial charge in [0.25, 0.3) is 0 Å². The number of thioether (sulfide) groups is 1. The molecule has 0 unspecified atom stereocenters. The molecule has 0 N–H and O–H groups in total. The van der Waals surface area contributed by atoms with Crippen LogP contribution >= 0.6 is 31.3 Å². The number of rotatable bonds is 2. The van der Waals surface area contributed by atoms with Gasteiger partial charge in [-0.15, -0.1) is 0 Å². The van der Waals surface area contributed by atoms with Crippen molar-refractivity contribution < 1.29 is 15.6 Å². The van der Waals surface area contributed by atoms with E-state index in [9.17, 15) is 0 Å². The van der Waals surface area contributed by atoms with Crippen LogP contribution in [0.4, 0.5) is 0 Å². The van der Waals surface area contributed by atoms with E-state index in [1.54, 1.807) is 0 Å². The van der Waals surface area contributed by atoms with E-state index in [4.69, 9.17) is 0 Å². The number of hydrogen-bond donors (Lipinski definition) is 0. The van der Waals surface area contributed by atoms with Crippen molar-refractivity contribution in [3.05, 3.63) is 35.9 Å². The first-order chi connectivity index (χ1) is 5.43. The Morgan fingerprint density at radius 1 is 1.55 bits per heavy atom. The van der Waals surface area contributed by atoms with Crippen molar-refractivity contribution in [2.75, 3.05) is 6.26 Å². The number of halogens is 1. The summed E-state index contributed by atoms with van der Waals surface area (Å²) < 4.78 is 0. The van der Waals surface area contributed by atoms with E-state index in [0.29, 0.717) is 0 Å². The fourth-order valence-electron chi connectivity index (χ4n) is 0.676. The summed E-state index contributed by atoms with van der Waals surface area (Å²) in [6.07, 6.45) is 2.10. The summed E-state index contributed by atoms with van der Waals surface area (Å²) in [6, 6.07) is 11.2. The first-order valence-electron chi connectivity index (χ1n) is 3.00. The zero-order valence-electron chi connectivity index (χ0n) is 6.12. The molecular formula is C8H9IPdS. The molecule has 0 aliphatic rings. The Labute approximate surface area is 93.9 Å². The van der Waals surface area contributed by atoms with Crippen LogP contribution in [0.2, 0.25) is 0 Å². The van der Waals surface area contributed by atoms with Crippen LogP contribution in [0.15, 0.2) is 24.3 Å². The van der Waals surface area contributed by atoms with Gasteiger partial charge < -0.3 is 0 Å². The summed E-state index contributed by atoms with van der Waals surface area (Å²) in [6.45, 7) is 0. The Kier molecular flexibility index (Phi) is 9.85. The third-order valence-electron chi connectivity index (χ3n) is 1.07. The molecule has 0 aliphatic heterocycles. The molecule has 0 aromatic heterocycles. The Balaban J connectivity index is 0.000000461. The average Bonchev–Trinajstić information content (AvgIpc) is 2.11. The van der Waals surface area contributed by atoms with Crippen molar-refractivity contribution in [1.29, 1.82) is 0 Å². The molecule has 0 heterocycles. The summed E-state index contributed by atoms with van der Waals surface area (Å²) in [5, 5.41) is 0. The van der Waals surface area contributed by atoms with Gasteiger partial charge in [-0.05, 0) is 12.0 Å². The van der Waals surface area contributed by atoms with Crippen LogP contribution in [0.3, 0.4) is 0 Å². The third-order valence-corrected chi connectivity index (χ3v) is 1.67. The van der Waals surface area contributed by atoms with Gasteiger partial charge in [0.05, 0.1) is 0 Å². The van der Waals surface area contributed by atoms with Crippen LogP contribution in [0.5, 0.6) is 0 Å². The molecule has 0 saturated heterocycles. The van der Waals surface area contributed by atoms with Gasteiger partial charge in [0.1, 0.15) is 0 Å². The van der Waals surface area contributed by atoms with Gasteiger partial charge in [-0.3, -0.25) is 0 Å². The molecule has 1 aromatic rings. The zero-order chi connectivity index (χ0) is 8.53. The van der Waals surface area contributed by atoms with Crippen LogP contribution in [0.1, 0.15) is 5.56 Å². The quantitative estimate of drug-likeness (QED) is 0.438. The minimum absolute atomic E-state index is 1.07. The van der Waals surface area contributed by atoms with Crippen LogP contribution < -0.4 is 0 Å². The van der Waals surface area contributed by atoms with Crippen LogP contribution in [0, 0.1) is 6.07 Å². The standard InChI is InChI=1S/C8H9S.HI.Pd/c1-9-7-8-5-3-2-4-6-8;;/h2-5H,7H2,1H3;1H;/q-1;;+2/p-1. The van der Waals surface area contributed by atoms with Gasteiger partial charge in [0.15, 0.2) is 0 Å². The monoisotopic (exact) mass is 370 g/mol. The van der Waals surface area contributed by atoms with Crippen molar-refractivity contribution >= 4 is 31.3 Å². The summed E-state index contributed by atoms with van der Waals surface area (Å²) in [5.74, 6) is 1.07. The molecule has 0 atom stereocenters. The van der Waals surface area contributed by atoms with Crippen molar-refractivity contribution in [3.8, 4) is 0 Å². The predicted molar refractivity (Wildman–Crippen MR) is 56.5 cm³/mol. The van der Waals surface area contributed by atoms with Crippen molar-refractivity contribution in [2.24, 2.45) is 0 Å². The second-order valence-corrected chi connectivity index (χ2v) is 2.69. The Bertz CT molecular complexity index is 167. The molecular weight excluding hydrogens is 361 g/mol. The SMILES string of the molecule is CSCc1[c-]cccc1.[Pd+][I]. The maximum atomic E-state index is 3.15. The van der Waals surface area contributed by atoms with Gasteiger partial charge in [-0.1, -0.05) is 0 Å².